The molecule has 0 saturated heterocycles. The summed E-state index contributed by atoms with van der Waals surface area (Å²) in [5, 5.41) is 20.0. The molecule has 0 aromatic carbocycles. The van der Waals surface area contributed by atoms with Crippen LogP contribution in [0.4, 0.5) is 0 Å². The van der Waals surface area contributed by atoms with Gasteiger partial charge in [0.05, 0.1) is 0 Å². The van der Waals surface area contributed by atoms with Gasteiger partial charge in [-0.25, -0.2) is 0 Å². The second-order valence-electron chi connectivity index (χ2n) is 7.07. The zero-order chi connectivity index (χ0) is 20.7. The normalized spacial score (nSPS) is 11.2. The molecule has 0 heterocycles. The van der Waals surface area contributed by atoms with E-state index in [9.17, 15) is 19.8 Å². The first-order valence-corrected chi connectivity index (χ1v) is 14.3. The van der Waals surface area contributed by atoms with E-state index in [1.165, 1.54) is 27.7 Å². The summed E-state index contributed by atoms with van der Waals surface area (Å²) in [6.07, 6.45) is 2.11. The van der Waals surface area contributed by atoms with Crippen LogP contribution in [0.3, 0.4) is 0 Å². The van der Waals surface area contributed by atoms with Gasteiger partial charge in [0.1, 0.15) is 0 Å². The Bertz CT molecular complexity index is 361. The van der Waals surface area contributed by atoms with E-state index in [-0.39, 0.29) is 44.8 Å². The van der Waals surface area contributed by atoms with E-state index in [0.717, 1.165) is 12.2 Å². The molecule has 0 saturated carbocycles. The van der Waals surface area contributed by atoms with Crippen molar-refractivity contribution in [3.8, 4) is 0 Å². The van der Waals surface area contributed by atoms with E-state index in [0.29, 0.717) is 0 Å². The quantitative estimate of drug-likeness (QED) is 0.390. The topological polar surface area (TPSA) is 121 Å². The minimum atomic E-state index is -1.61. The third-order valence-corrected chi connectivity index (χ3v) is 0.813. The molecule has 0 atom stereocenters. The summed E-state index contributed by atoms with van der Waals surface area (Å²) in [4.78, 5) is 37.3. The molecule has 0 fully saturated rings. The van der Waals surface area contributed by atoms with Crippen molar-refractivity contribution in [3.05, 3.63) is 23.7 Å². The molecule has 25 heavy (non-hydrogen) atoms. The van der Waals surface area contributed by atoms with Crippen LogP contribution < -0.4 is 10.2 Å². The van der Waals surface area contributed by atoms with Gasteiger partial charge < -0.3 is 19.8 Å². The fourth-order valence-corrected chi connectivity index (χ4v) is 0.572. The molecule has 0 aliphatic rings. The molecule has 0 rings (SSSR count). The van der Waals surface area contributed by atoms with Crippen LogP contribution in [0.15, 0.2) is 23.7 Å². The Morgan fingerprint density at radius 1 is 0.680 bits per heavy atom. The summed E-state index contributed by atoms with van der Waals surface area (Å²) >= 11 is 0. The van der Waals surface area contributed by atoms with Crippen molar-refractivity contribution >= 4 is 28.2 Å². The Hall–Kier alpha value is -0.512. The second-order valence-corrected chi connectivity index (χ2v) is 15.8. The molecule has 0 bridgehead atoms. The number of ketones is 2. The van der Waals surface area contributed by atoms with Gasteiger partial charge in [-0.05, 0) is 65.3 Å². The smallest absolute Gasteiger partial charge is 0.876 e. The van der Waals surface area contributed by atoms with Crippen LogP contribution in [0.2, 0.25) is 39.3 Å². The minimum Gasteiger partial charge on any atom is -0.876 e. The van der Waals surface area contributed by atoms with Crippen molar-refractivity contribution in [1.29, 1.82) is 0 Å². The van der Waals surface area contributed by atoms with Crippen LogP contribution >= 0.6 is 0 Å². The van der Waals surface area contributed by atoms with Gasteiger partial charge in [0.25, 0.3) is 0 Å². The summed E-state index contributed by atoms with van der Waals surface area (Å²) in [5.74, 6) is -0.750. The van der Waals surface area contributed by atoms with Crippen LogP contribution in [0.1, 0.15) is 27.7 Å². The molecule has 0 aromatic rings. The van der Waals surface area contributed by atoms with Crippen molar-refractivity contribution in [2.75, 3.05) is 0 Å². The average Bonchev–Trinajstić information content (AvgIpc) is 2.05. The van der Waals surface area contributed by atoms with Crippen molar-refractivity contribution < 1.29 is 51.1 Å². The molecule has 146 valence electrons. The Kier molecular flexibility index (Phi) is 26.0. The molecule has 0 aromatic heterocycles. The first-order chi connectivity index (χ1) is 10.3. The Morgan fingerprint density at radius 3 is 0.800 bits per heavy atom. The van der Waals surface area contributed by atoms with Gasteiger partial charge in [0, 0.05) is 0 Å². The molecule has 0 spiro atoms. The molecule has 9 heteroatoms. The molecule has 0 unspecified atom stereocenters. The van der Waals surface area contributed by atoms with Gasteiger partial charge in [-0.1, -0.05) is 13.8 Å². The van der Waals surface area contributed by atoms with Crippen LogP contribution in [-0.2, 0) is 31.3 Å². The Labute approximate surface area is 169 Å². The standard InChI is InChI=1S/2C5H8O2.2C3H10OSi.Ti/c2*1-4(6)3-5(2)7;2*1-5(2,3)4;/h2*3,6H,1-2H3;2*4H,1-3H3;/q;;;;+2/p-2/b2*4-3-;;;. The summed E-state index contributed by atoms with van der Waals surface area (Å²) in [5.41, 5.74) is 0. The number of carbonyl (C=O) groups is 2. The van der Waals surface area contributed by atoms with Crippen molar-refractivity contribution in [1.82, 2.24) is 0 Å². The summed E-state index contributed by atoms with van der Waals surface area (Å²) in [6.45, 7) is 16.7. The van der Waals surface area contributed by atoms with Crippen molar-refractivity contribution in [3.63, 3.8) is 0 Å². The van der Waals surface area contributed by atoms with Crippen molar-refractivity contribution in [2.45, 2.75) is 67.0 Å². The predicted molar refractivity (Wildman–Crippen MR) is 100 cm³/mol. The van der Waals surface area contributed by atoms with Gasteiger partial charge in [-0.15, -0.1) is 11.5 Å². The van der Waals surface area contributed by atoms with E-state index >= 15 is 0 Å². The third kappa shape index (κ3) is 193. The summed E-state index contributed by atoms with van der Waals surface area (Å²) in [7, 11) is -3.22. The SMILES string of the molecule is CC(=O)/C=C(/C)[O-].CC(=O)/C=C(/C)[O-].C[Si](C)(C)O.C[Si](C)(C)O.[Ti+2]. The van der Waals surface area contributed by atoms with E-state index in [1.807, 2.05) is 39.3 Å². The van der Waals surface area contributed by atoms with Gasteiger partial charge in [-0.2, -0.15) is 0 Å². The summed E-state index contributed by atoms with van der Waals surface area (Å²) in [6, 6.07) is 0. The number of hydrogen-bond acceptors (Lipinski definition) is 6. The maximum atomic E-state index is 9.98. The Balaban J connectivity index is -0.0000000711. The molecule has 0 amide bonds. The number of hydrogen-bond donors (Lipinski definition) is 2. The molecule has 0 radical (unpaired) electrons. The zero-order valence-electron chi connectivity index (χ0n) is 17.2. The van der Waals surface area contributed by atoms with E-state index < -0.39 is 16.6 Å². The Morgan fingerprint density at radius 2 is 0.800 bits per heavy atom. The van der Waals surface area contributed by atoms with Gasteiger partial charge >= 0.3 is 21.7 Å². The molecular formula is C16H34O6Si2Ti. The average molecular weight is 426 g/mol. The first-order valence-electron chi connectivity index (χ1n) is 7.42. The van der Waals surface area contributed by atoms with Gasteiger partial charge in [-0.3, -0.25) is 9.59 Å². The predicted octanol–water partition coefficient (Wildman–Crippen LogP) is 1.30. The summed E-state index contributed by atoms with van der Waals surface area (Å²) < 4.78 is 0. The fraction of sp³-hybridized carbons (Fsp3) is 0.625. The molecule has 6 nitrogen and oxygen atoms in total. The van der Waals surface area contributed by atoms with Crippen LogP contribution in [0, 0.1) is 0 Å². The third-order valence-electron chi connectivity index (χ3n) is 0.813. The van der Waals surface area contributed by atoms with Crippen molar-refractivity contribution in [2.24, 2.45) is 0 Å². The number of rotatable bonds is 2. The van der Waals surface area contributed by atoms with Crippen LogP contribution in [0.5, 0.6) is 0 Å². The number of carbonyl (C=O) groups excluding carboxylic acids is 2. The van der Waals surface area contributed by atoms with Gasteiger partial charge in [0.15, 0.2) is 28.2 Å². The first kappa shape index (κ1) is 35.6. The maximum absolute atomic E-state index is 9.98. The monoisotopic (exact) mass is 426 g/mol. The second kappa shape index (κ2) is 18.3. The van der Waals surface area contributed by atoms with E-state index in [2.05, 4.69) is 0 Å². The van der Waals surface area contributed by atoms with Crippen LogP contribution in [-0.4, -0.2) is 37.8 Å². The van der Waals surface area contributed by atoms with Gasteiger partial charge in [0.2, 0.25) is 0 Å². The largest absolute Gasteiger partial charge is 2.00 e. The fourth-order valence-electron chi connectivity index (χ4n) is 0.572. The van der Waals surface area contributed by atoms with Crippen LogP contribution in [0.25, 0.3) is 0 Å². The maximum Gasteiger partial charge on any atom is 2.00 e. The molecule has 0 aliphatic heterocycles. The molecule has 2 N–H and O–H groups in total. The zero-order valence-corrected chi connectivity index (χ0v) is 20.7. The minimum absolute atomic E-state index is 0. The number of allylic oxidation sites excluding steroid dienone is 4. The van der Waals surface area contributed by atoms with E-state index in [4.69, 9.17) is 9.59 Å². The molecular weight excluding hydrogens is 392 g/mol. The molecule has 0 aliphatic carbocycles. The van der Waals surface area contributed by atoms with E-state index in [1.54, 1.807) is 0 Å².